The van der Waals surface area contributed by atoms with Crippen LogP contribution in [-0.2, 0) is 16.6 Å². The third-order valence-electron chi connectivity index (χ3n) is 5.93. The summed E-state index contributed by atoms with van der Waals surface area (Å²) in [5, 5.41) is 10.8. The van der Waals surface area contributed by atoms with Crippen molar-refractivity contribution in [2.45, 2.75) is 36.7 Å². The Morgan fingerprint density at radius 1 is 1.03 bits per heavy atom. The Morgan fingerprint density at radius 3 is 2.43 bits per heavy atom. The lowest BCUT2D eigenvalue weighted by molar-refractivity contribution is -0.00210. The number of aliphatic hydroxyl groups excluding tert-OH is 1. The molecule has 3 aromatic rings. The second kappa shape index (κ2) is 11.1. The predicted molar refractivity (Wildman–Crippen MR) is 132 cm³/mol. The van der Waals surface area contributed by atoms with Gasteiger partial charge in [-0.2, -0.15) is 4.72 Å². The van der Waals surface area contributed by atoms with E-state index in [9.17, 15) is 13.5 Å². The maximum atomic E-state index is 13.0. The molecule has 0 saturated heterocycles. The van der Waals surface area contributed by atoms with Crippen LogP contribution in [0.2, 0.25) is 0 Å². The van der Waals surface area contributed by atoms with Crippen molar-refractivity contribution in [3.05, 3.63) is 84.4 Å². The Kier molecular flexibility index (Phi) is 7.92. The molecule has 186 valence electrons. The number of aliphatic hydroxyl groups is 1. The number of fused-ring (bicyclic) bond motifs is 1. The monoisotopic (exact) mass is 498 g/mol. The number of rotatable bonds is 10. The van der Waals surface area contributed by atoms with Gasteiger partial charge in [0.25, 0.3) is 0 Å². The summed E-state index contributed by atoms with van der Waals surface area (Å²) in [5.74, 6) is 1.55. The van der Waals surface area contributed by atoms with Gasteiger partial charge < -0.3 is 19.3 Å². The van der Waals surface area contributed by atoms with Gasteiger partial charge in [-0.15, -0.1) is 0 Å². The first-order chi connectivity index (χ1) is 16.9. The quantitative estimate of drug-likeness (QED) is 0.415. The first kappa shape index (κ1) is 25.0. The number of para-hydroxylation sites is 3. The van der Waals surface area contributed by atoms with Crippen LogP contribution in [0.15, 0.2) is 83.8 Å². The molecule has 1 aliphatic rings. The Morgan fingerprint density at radius 2 is 1.69 bits per heavy atom. The molecule has 1 aliphatic heterocycles. The normalized spacial score (nSPS) is 17.1. The minimum absolute atomic E-state index is 0.0337. The Labute approximate surface area is 206 Å². The highest BCUT2D eigenvalue weighted by Gasteiger charge is 2.32. The number of hydrogen-bond acceptors (Lipinski definition) is 7. The van der Waals surface area contributed by atoms with E-state index in [1.54, 1.807) is 18.2 Å². The van der Waals surface area contributed by atoms with E-state index < -0.39 is 16.3 Å². The van der Waals surface area contributed by atoms with E-state index in [4.69, 9.17) is 14.2 Å². The third kappa shape index (κ3) is 6.12. The van der Waals surface area contributed by atoms with Crippen molar-refractivity contribution in [3.63, 3.8) is 0 Å². The highest BCUT2D eigenvalue weighted by atomic mass is 32.2. The van der Waals surface area contributed by atoms with Gasteiger partial charge in [-0.25, -0.2) is 8.42 Å². The van der Waals surface area contributed by atoms with Crippen LogP contribution < -0.4 is 18.9 Å². The molecule has 0 aromatic heterocycles. The molecule has 0 fully saturated rings. The van der Waals surface area contributed by atoms with E-state index in [1.807, 2.05) is 66.4 Å². The molecule has 9 heteroatoms. The Hall–Kier alpha value is -3.11. The molecule has 4 rings (SSSR count). The predicted octanol–water partition coefficient (Wildman–Crippen LogP) is 3.02. The zero-order valence-electron chi connectivity index (χ0n) is 19.7. The molecule has 1 heterocycles. The fourth-order valence-electron chi connectivity index (χ4n) is 4.04. The van der Waals surface area contributed by atoms with E-state index in [0.717, 1.165) is 5.56 Å². The van der Waals surface area contributed by atoms with Crippen molar-refractivity contribution < 1.29 is 27.7 Å². The lowest BCUT2D eigenvalue weighted by Gasteiger charge is -2.38. The van der Waals surface area contributed by atoms with Gasteiger partial charge in [0.2, 0.25) is 10.0 Å². The second-order valence-corrected chi connectivity index (χ2v) is 10.0. The standard InChI is InChI=1S/C26H30N2O6S/c1-19(24-18-33-21-12-6-7-13-22(21)34-24)28(16-20-10-4-3-5-11-20)17-26(29)27-35(30,31)25-15-9-8-14-23(25)32-2/h3-15,19,24,26-27,29H,16-18H2,1-2H3. The van der Waals surface area contributed by atoms with Gasteiger partial charge in [-0.1, -0.05) is 54.6 Å². The van der Waals surface area contributed by atoms with Crippen molar-refractivity contribution in [2.24, 2.45) is 0 Å². The topological polar surface area (TPSA) is 97.3 Å². The molecule has 2 N–H and O–H groups in total. The number of nitrogens with one attached hydrogen (secondary N) is 1. The largest absolute Gasteiger partial charge is 0.495 e. The summed E-state index contributed by atoms with van der Waals surface area (Å²) >= 11 is 0. The summed E-state index contributed by atoms with van der Waals surface area (Å²) in [6, 6.07) is 23.3. The van der Waals surface area contributed by atoms with Gasteiger partial charge in [-0.05, 0) is 36.8 Å². The SMILES string of the molecule is COc1ccccc1S(=O)(=O)NC(O)CN(Cc1ccccc1)C(C)C1COc2ccccc2O1. The van der Waals surface area contributed by atoms with Crippen LogP contribution in [0.3, 0.4) is 0 Å². The van der Waals surface area contributed by atoms with E-state index in [0.29, 0.717) is 24.7 Å². The van der Waals surface area contributed by atoms with E-state index >= 15 is 0 Å². The minimum Gasteiger partial charge on any atom is -0.495 e. The molecule has 3 unspecified atom stereocenters. The molecule has 3 aromatic carbocycles. The van der Waals surface area contributed by atoms with Crippen LogP contribution in [0.4, 0.5) is 0 Å². The average Bonchev–Trinajstić information content (AvgIpc) is 2.87. The lowest BCUT2D eigenvalue weighted by Crippen LogP contribution is -2.52. The molecule has 0 amide bonds. The van der Waals surface area contributed by atoms with Crippen LogP contribution in [0.25, 0.3) is 0 Å². The number of sulfonamides is 1. The smallest absolute Gasteiger partial charge is 0.246 e. The van der Waals surface area contributed by atoms with Crippen molar-refractivity contribution in [2.75, 3.05) is 20.3 Å². The fraction of sp³-hybridized carbons (Fsp3) is 0.308. The zero-order chi connectivity index (χ0) is 24.8. The Bertz CT molecular complexity index is 1220. The van der Waals surface area contributed by atoms with Gasteiger partial charge in [0.1, 0.15) is 29.6 Å². The fourth-order valence-corrected chi connectivity index (χ4v) is 5.28. The maximum absolute atomic E-state index is 13.0. The lowest BCUT2D eigenvalue weighted by atomic mass is 10.1. The van der Waals surface area contributed by atoms with E-state index in [2.05, 4.69) is 4.72 Å². The molecule has 0 aliphatic carbocycles. The average molecular weight is 499 g/mol. The van der Waals surface area contributed by atoms with E-state index in [1.165, 1.54) is 13.2 Å². The maximum Gasteiger partial charge on any atom is 0.246 e. The molecule has 3 atom stereocenters. The molecule has 0 bridgehead atoms. The van der Waals surface area contributed by atoms with Crippen LogP contribution >= 0.6 is 0 Å². The number of ether oxygens (including phenoxy) is 3. The first-order valence-electron chi connectivity index (χ1n) is 11.4. The Balaban J connectivity index is 1.51. The molecule has 8 nitrogen and oxygen atoms in total. The van der Waals surface area contributed by atoms with Crippen molar-refractivity contribution in [1.82, 2.24) is 9.62 Å². The van der Waals surface area contributed by atoms with Crippen molar-refractivity contribution in [3.8, 4) is 17.2 Å². The highest BCUT2D eigenvalue weighted by molar-refractivity contribution is 7.89. The van der Waals surface area contributed by atoms with Crippen LogP contribution in [0.1, 0.15) is 12.5 Å². The number of methoxy groups -OCH3 is 1. The summed E-state index contributed by atoms with van der Waals surface area (Å²) in [6.07, 6.45) is -1.68. The molecule has 0 radical (unpaired) electrons. The van der Waals surface area contributed by atoms with Gasteiger partial charge in [-0.3, -0.25) is 4.90 Å². The summed E-state index contributed by atoms with van der Waals surface area (Å²) < 4.78 is 45.5. The van der Waals surface area contributed by atoms with Crippen LogP contribution in [-0.4, -0.2) is 57.1 Å². The van der Waals surface area contributed by atoms with Gasteiger partial charge in [0, 0.05) is 19.1 Å². The van der Waals surface area contributed by atoms with E-state index in [-0.39, 0.29) is 29.3 Å². The molecule has 0 saturated carbocycles. The number of benzene rings is 3. The summed E-state index contributed by atoms with van der Waals surface area (Å²) in [5.41, 5.74) is 1.02. The van der Waals surface area contributed by atoms with Crippen molar-refractivity contribution >= 4 is 10.0 Å². The van der Waals surface area contributed by atoms with Crippen molar-refractivity contribution in [1.29, 1.82) is 0 Å². The molecular weight excluding hydrogens is 468 g/mol. The highest BCUT2D eigenvalue weighted by Crippen LogP contribution is 2.32. The van der Waals surface area contributed by atoms with Crippen LogP contribution in [0.5, 0.6) is 17.2 Å². The number of nitrogens with zero attached hydrogens (tertiary/aromatic N) is 1. The zero-order valence-corrected chi connectivity index (χ0v) is 20.5. The summed E-state index contributed by atoms with van der Waals surface area (Å²) in [6.45, 7) is 2.84. The minimum atomic E-state index is -4.02. The summed E-state index contributed by atoms with van der Waals surface area (Å²) in [4.78, 5) is 1.94. The van der Waals surface area contributed by atoms with Gasteiger partial charge in [0.05, 0.1) is 7.11 Å². The number of hydrogen-bond donors (Lipinski definition) is 2. The van der Waals surface area contributed by atoms with Gasteiger partial charge >= 0.3 is 0 Å². The van der Waals surface area contributed by atoms with Gasteiger partial charge in [0.15, 0.2) is 11.5 Å². The second-order valence-electron chi connectivity index (χ2n) is 8.36. The summed E-state index contributed by atoms with van der Waals surface area (Å²) in [7, 11) is -2.62. The molecule has 0 spiro atoms. The first-order valence-corrected chi connectivity index (χ1v) is 12.9. The molecule has 35 heavy (non-hydrogen) atoms. The molecular formula is C26H30N2O6S. The third-order valence-corrected chi connectivity index (χ3v) is 7.43. The van der Waals surface area contributed by atoms with Crippen LogP contribution in [0, 0.1) is 0 Å².